The smallest absolute Gasteiger partial charge is 0.390 e. The van der Waals surface area contributed by atoms with E-state index < -0.39 is 11.3 Å². The van der Waals surface area contributed by atoms with Crippen LogP contribution in [0.3, 0.4) is 0 Å². The van der Waals surface area contributed by atoms with E-state index in [1.54, 1.807) is 0 Å². The van der Waals surface area contributed by atoms with E-state index in [2.05, 4.69) is 41.3 Å². The molecule has 0 amide bonds. The summed E-state index contributed by atoms with van der Waals surface area (Å²) in [4.78, 5) is 41.3. The molecular formula is C22H21N5O4. The van der Waals surface area contributed by atoms with Crippen LogP contribution in [0, 0.1) is 6.92 Å². The van der Waals surface area contributed by atoms with Crippen LogP contribution >= 0.6 is 0 Å². The van der Waals surface area contributed by atoms with E-state index >= 15 is 0 Å². The van der Waals surface area contributed by atoms with Crippen LogP contribution in [0.5, 0.6) is 0 Å². The van der Waals surface area contributed by atoms with Gasteiger partial charge in [0.1, 0.15) is 12.1 Å². The van der Waals surface area contributed by atoms with Gasteiger partial charge in [0.05, 0.1) is 17.9 Å². The van der Waals surface area contributed by atoms with Crippen LogP contribution in [-0.2, 0) is 13.6 Å². The average Bonchev–Trinajstić information content (AvgIpc) is 3.07. The van der Waals surface area contributed by atoms with Crippen LogP contribution < -0.4 is 16.9 Å². The van der Waals surface area contributed by atoms with Gasteiger partial charge in [-0.2, -0.15) is 4.68 Å². The predicted molar refractivity (Wildman–Crippen MR) is 113 cm³/mol. The first-order chi connectivity index (χ1) is 14.9. The second-order valence-corrected chi connectivity index (χ2v) is 8.08. The molecule has 31 heavy (non-hydrogen) atoms. The fourth-order valence-corrected chi connectivity index (χ4v) is 4.08. The Morgan fingerprint density at radius 3 is 2.55 bits per heavy atom. The van der Waals surface area contributed by atoms with Gasteiger partial charge in [-0.05, 0) is 37.3 Å². The molecule has 1 aliphatic carbocycles. The quantitative estimate of drug-likeness (QED) is 0.499. The van der Waals surface area contributed by atoms with Crippen LogP contribution in [0.25, 0.3) is 11.0 Å². The lowest BCUT2D eigenvalue weighted by Crippen LogP contribution is -2.32. The molecular weight excluding hydrogens is 398 g/mol. The van der Waals surface area contributed by atoms with E-state index in [1.165, 1.54) is 50.5 Å². The summed E-state index contributed by atoms with van der Waals surface area (Å²) in [5.41, 5.74) is 2.40. The molecule has 9 nitrogen and oxygen atoms in total. The van der Waals surface area contributed by atoms with Gasteiger partial charge >= 0.3 is 5.76 Å². The van der Waals surface area contributed by atoms with Gasteiger partial charge in [0, 0.05) is 13.1 Å². The van der Waals surface area contributed by atoms with Crippen molar-refractivity contribution in [1.29, 1.82) is 0 Å². The number of rotatable bonds is 4. The molecule has 0 bridgehead atoms. The summed E-state index contributed by atoms with van der Waals surface area (Å²) >= 11 is 0. The van der Waals surface area contributed by atoms with Crippen LogP contribution in [0.1, 0.15) is 41.8 Å². The molecule has 4 aromatic rings. The van der Waals surface area contributed by atoms with Crippen molar-refractivity contribution in [2.45, 2.75) is 38.3 Å². The number of pyridine rings is 1. The monoisotopic (exact) mass is 419 g/mol. The molecule has 0 unspecified atom stereocenters. The third-order valence-corrected chi connectivity index (χ3v) is 6.02. The first-order valence-electron chi connectivity index (χ1n) is 10.1. The highest BCUT2D eigenvalue weighted by molar-refractivity contribution is 5.72. The average molecular weight is 419 g/mol. The van der Waals surface area contributed by atoms with Crippen LogP contribution in [0.15, 0.2) is 61.5 Å². The van der Waals surface area contributed by atoms with Crippen molar-refractivity contribution >= 4 is 11.0 Å². The molecule has 158 valence electrons. The highest BCUT2D eigenvalue weighted by Crippen LogP contribution is 2.43. The second-order valence-electron chi connectivity index (χ2n) is 8.08. The maximum absolute atomic E-state index is 12.8. The largest absolute Gasteiger partial charge is 0.437 e. The minimum atomic E-state index is -0.531. The Morgan fingerprint density at radius 2 is 1.81 bits per heavy atom. The predicted octanol–water partition coefficient (Wildman–Crippen LogP) is 1.72. The molecule has 5 rings (SSSR count). The minimum Gasteiger partial charge on any atom is -0.390 e. The standard InChI is InChI=1S/C22H21N5O4/c1-13-3-5-14(6-4-13)15-9-16(10-15)27-22(30)31-18(24-27)11-26-12-23-17-7-8-19(28)25(2)20(17)21(26)29/h3-8,12,15-16H,9-11H2,1-2H3/t15-,16-. The Hall–Kier alpha value is -3.75. The van der Waals surface area contributed by atoms with Crippen molar-refractivity contribution in [3.05, 3.63) is 91.0 Å². The number of aromatic nitrogens is 5. The minimum absolute atomic E-state index is 0.0245. The van der Waals surface area contributed by atoms with Crippen molar-refractivity contribution < 1.29 is 4.42 Å². The number of fused-ring (bicyclic) bond motifs is 1. The highest BCUT2D eigenvalue weighted by Gasteiger charge is 2.34. The zero-order valence-corrected chi connectivity index (χ0v) is 17.2. The molecule has 9 heteroatoms. The van der Waals surface area contributed by atoms with Gasteiger partial charge in [-0.1, -0.05) is 29.8 Å². The first-order valence-corrected chi connectivity index (χ1v) is 10.1. The lowest BCUT2D eigenvalue weighted by Gasteiger charge is -2.34. The summed E-state index contributed by atoms with van der Waals surface area (Å²) in [6, 6.07) is 11.3. The fourth-order valence-electron chi connectivity index (χ4n) is 4.08. The Balaban J connectivity index is 1.37. The Morgan fingerprint density at radius 1 is 1.06 bits per heavy atom. The van der Waals surface area contributed by atoms with Crippen LogP contribution in [0.2, 0.25) is 0 Å². The summed E-state index contributed by atoms with van der Waals surface area (Å²) in [5, 5.41) is 4.31. The van der Waals surface area contributed by atoms with E-state index in [-0.39, 0.29) is 29.6 Å². The summed E-state index contributed by atoms with van der Waals surface area (Å²) < 4.78 is 9.21. The van der Waals surface area contributed by atoms with Crippen molar-refractivity contribution in [3.8, 4) is 0 Å². The lowest BCUT2D eigenvalue weighted by atomic mass is 9.76. The van der Waals surface area contributed by atoms with Gasteiger partial charge in [0.2, 0.25) is 5.89 Å². The van der Waals surface area contributed by atoms with E-state index in [0.717, 1.165) is 12.8 Å². The molecule has 3 heterocycles. The summed E-state index contributed by atoms with van der Waals surface area (Å²) in [7, 11) is 1.52. The first kappa shape index (κ1) is 19.2. The molecule has 1 saturated carbocycles. The number of benzene rings is 1. The SMILES string of the molecule is Cc1ccc([C@H]2C[C@H](n3nc(Cn4cnc5ccc(=O)n(C)c5c4=O)oc3=O)C2)cc1. The highest BCUT2D eigenvalue weighted by atomic mass is 16.4. The Bertz CT molecular complexity index is 1450. The maximum atomic E-state index is 12.8. The van der Waals surface area contributed by atoms with Gasteiger partial charge in [-0.15, -0.1) is 5.10 Å². The van der Waals surface area contributed by atoms with Gasteiger partial charge in [0.15, 0.2) is 0 Å². The number of hydrogen-bond acceptors (Lipinski definition) is 6. The summed E-state index contributed by atoms with van der Waals surface area (Å²) in [6.45, 7) is 2.01. The molecule has 0 N–H and O–H groups in total. The Kier molecular flexibility index (Phi) is 4.46. The van der Waals surface area contributed by atoms with Crippen molar-refractivity contribution in [2.75, 3.05) is 0 Å². The normalized spacial score (nSPS) is 18.3. The number of hydrogen-bond donors (Lipinski definition) is 0. The zero-order chi connectivity index (χ0) is 21.7. The van der Waals surface area contributed by atoms with E-state index in [4.69, 9.17) is 4.42 Å². The van der Waals surface area contributed by atoms with Gasteiger partial charge in [-0.3, -0.25) is 14.2 Å². The number of nitrogens with zero attached hydrogens (tertiary/aromatic N) is 5. The third-order valence-electron chi connectivity index (χ3n) is 6.02. The summed E-state index contributed by atoms with van der Waals surface area (Å²) in [5.74, 6) is -0.00392. The van der Waals surface area contributed by atoms with E-state index in [9.17, 15) is 14.4 Å². The number of aryl methyl sites for hydroxylation is 2. The molecule has 0 atom stereocenters. The molecule has 0 aliphatic heterocycles. The molecule has 1 aliphatic rings. The van der Waals surface area contributed by atoms with E-state index in [1.807, 2.05) is 0 Å². The molecule has 0 spiro atoms. The van der Waals surface area contributed by atoms with Gasteiger partial charge in [0.25, 0.3) is 11.1 Å². The van der Waals surface area contributed by atoms with E-state index in [0.29, 0.717) is 11.4 Å². The molecule has 1 fully saturated rings. The second kappa shape index (κ2) is 7.19. The van der Waals surface area contributed by atoms with Crippen molar-refractivity contribution in [3.63, 3.8) is 0 Å². The molecule has 1 aromatic carbocycles. The summed E-state index contributed by atoms with van der Waals surface area (Å²) in [6.07, 6.45) is 2.99. The van der Waals surface area contributed by atoms with Crippen molar-refractivity contribution in [1.82, 2.24) is 23.9 Å². The topological polar surface area (TPSA) is 105 Å². The zero-order valence-electron chi connectivity index (χ0n) is 17.2. The molecule has 0 saturated heterocycles. The molecule has 3 aromatic heterocycles. The lowest BCUT2D eigenvalue weighted by molar-refractivity contribution is 0.233. The van der Waals surface area contributed by atoms with Crippen molar-refractivity contribution in [2.24, 2.45) is 7.05 Å². The van der Waals surface area contributed by atoms with Crippen LogP contribution in [0.4, 0.5) is 0 Å². The van der Waals surface area contributed by atoms with Gasteiger partial charge in [-0.25, -0.2) is 9.78 Å². The van der Waals surface area contributed by atoms with Gasteiger partial charge < -0.3 is 8.98 Å². The Labute approximate surface area is 176 Å². The third kappa shape index (κ3) is 3.31. The van der Waals surface area contributed by atoms with Crippen LogP contribution in [-0.4, -0.2) is 23.9 Å². The molecule has 0 radical (unpaired) electrons. The fraction of sp³-hybridized carbons (Fsp3) is 0.318. The maximum Gasteiger partial charge on any atom is 0.437 e.